The summed E-state index contributed by atoms with van der Waals surface area (Å²) in [6.07, 6.45) is 1.05. The van der Waals surface area contributed by atoms with Gasteiger partial charge in [0.15, 0.2) is 0 Å². The van der Waals surface area contributed by atoms with Crippen LogP contribution in [0.3, 0.4) is 0 Å². The first-order valence-electron chi connectivity index (χ1n) is 5.22. The summed E-state index contributed by atoms with van der Waals surface area (Å²) < 4.78 is 10.5. The van der Waals surface area contributed by atoms with E-state index in [-0.39, 0.29) is 11.8 Å². The number of nitro benzene ring substituents is 1. The van der Waals surface area contributed by atoms with E-state index in [2.05, 4.69) is 0 Å². The number of hydrogen-bond acceptors (Lipinski definition) is 5. The van der Waals surface area contributed by atoms with Crippen molar-refractivity contribution in [3.05, 3.63) is 39.9 Å². The van der Waals surface area contributed by atoms with Gasteiger partial charge in [-0.15, -0.1) is 0 Å². The van der Waals surface area contributed by atoms with Crippen LogP contribution < -0.4 is 0 Å². The first-order valence-corrected chi connectivity index (χ1v) is 6.99. The van der Waals surface area contributed by atoms with Gasteiger partial charge < -0.3 is 13.9 Å². The van der Waals surface area contributed by atoms with Crippen molar-refractivity contribution >= 4 is 13.6 Å². The summed E-state index contributed by atoms with van der Waals surface area (Å²) in [5.74, 6) is 0. The van der Waals surface area contributed by atoms with E-state index in [0.29, 0.717) is 13.2 Å². The van der Waals surface area contributed by atoms with Crippen LogP contribution in [-0.2, 0) is 15.2 Å². The molecule has 1 aromatic carbocycles. The third-order valence-corrected chi connectivity index (χ3v) is 4.34. The first-order chi connectivity index (χ1) is 8.09. The molecule has 1 heterocycles. The minimum Gasteiger partial charge on any atom is -0.335 e. The SMILES string of the molecule is O=[N+]([O-])c1ccc(C[P]2(O)OCCCO2)cc1. The van der Waals surface area contributed by atoms with Crippen molar-refractivity contribution in [2.24, 2.45) is 0 Å². The van der Waals surface area contributed by atoms with Gasteiger partial charge in [-0.2, -0.15) is 0 Å². The van der Waals surface area contributed by atoms with Crippen LogP contribution in [0, 0.1) is 10.1 Å². The van der Waals surface area contributed by atoms with Crippen LogP contribution >= 0.6 is 7.94 Å². The van der Waals surface area contributed by atoms with Crippen molar-refractivity contribution in [1.29, 1.82) is 0 Å². The molecule has 1 N–H and O–H groups in total. The summed E-state index contributed by atoms with van der Waals surface area (Å²) >= 11 is 0. The number of benzene rings is 1. The Labute approximate surface area is 98.9 Å². The van der Waals surface area contributed by atoms with Gasteiger partial charge in [0, 0.05) is 12.1 Å². The van der Waals surface area contributed by atoms with Gasteiger partial charge >= 0.3 is 0 Å². The Hall–Kier alpha value is -1.07. The Bertz CT molecular complexity index is 402. The summed E-state index contributed by atoms with van der Waals surface area (Å²) in [6, 6.07) is 6.03. The molecule has 1 radical (unpaired) electrons. The smallest absolute Gasteiger partial charge is 0.269 e. The maximum Gasteiger partial charge on any atom is 0.269 e. The van der Waals surface area contributed by atoms with E-state index in [0.717, 1.165) is 12.0 Å². The van der Waals surface area contributed by atoms with E-state index in [1.165, 1.54) is 12.1 Å². The Morgan fingerprint density at radius 3 is 2.41 bits per heavy atom. The number of nitrogens with zero attached hydrogens (tertiary/aromatic N) is 1. The molecule has 0 aromatic heterocycles. The molecule has 7 heteroatoms. The molecule has 6 nitrogen and oxygen atoms in total. The third-order valence-electron chi connectivity index (χ3n) is 2.40. The van der Waals surface area contributed by atoms with E-state index >= 15 is 0 Å². The quantitative estimate of drug-likeness (QED) is 0.511. The predicted molar refractivity (Wildman–Crippen MR) is 62.5 cm³/mol. The van der Waals surface area contributed by atoms with E-state index in [9.17, 15) is 15.0 Å². The summed E-state index contributed by atoms with van der Waals surface area (Å²) in [7, 11) is -2.79. The molecule has 1 aliphatic heterocycles. The molecule has 1 fully saturated rings. The topological polar surface area (TPSA) is 81.8 Å². The minimum absolute atomic E-state index is 0.0320. The average molecular weight is 258 g/mol. The maximum atomic E-state index is 10.5. The molecule has 0 unspecified atom stereocenters. The lowest BCUT2D eigenvalue weighted by molar-refractivity contribution is -0.384. The van der Waals surface area contributed by atoms with Crippen LogP contribution in [0.1, 0.15) is 12.0 Å². The highest BCUT2D eigenvalue weighted by Gasteiger charge is 2.30. The molecule has 0 amide bonds. The highest BCUT2D eigenvalue weighted by atomic mass is 31.2. The van der Waals surface area contributed by atoms with Gasteiger partial charge in [-0.25, -0.2) is 0 Å². The number of rotatable bonds is 3. The van der Waals surface area contributed by atoms with Gasteiger partial charge in [0.1, 0.15) is 0 Å². The van der Waals surface area contributed by atoms with Crippen LogP contribution in [-0.4, -0.2) is 23.0 Å². The molecule has 17 heavy (non-hydrogen) atoms. The van der Waals surface area contributed by atoms with Gasteiger partial charge in [0.25, 0.3) is 5.69 Å². The zero-order valence-electron chi connectivity index (χ0n) is 9.11. The van der Waals surface area contributed by atoms with Gasteiger partial charge in [-0.05, 0) is 12.0 Å². The second kappa shape index (κ2) is 5.06. The van der Waals surface area contributed by atoms with Crippen molar-refractivity contribution in [3.63, 3.8) is 0 Å². The van der Waals surface area contributed by atoms with Crippen molar-refractivity contribution in [2.45, 2.75) is 12.6 Å². The van der Waals surface area contributed by atoms with Gasteiger partial charge in [-0.1, -0.05) is 12.1 Å². The van der Waals surface area contributed by atoms with Crippen LogP contribution in [0.2, 0.25) is 0 Å². The number of non-ortho nitro benzene ring substituents is 1. The predicted octanol–water partition coefficient (Wildman–Crippen LogP) is 2.29. The molecule has 0 atom stereocenters. The van der Waals surface area contributed by atoms with E-state index < -0.39 is 12.9 Å². The fourth-order valence-electron chi connectivity index (χ4n) is 1.56. The van der Waals surface area contributed by atoms with E-state index in [1.807, 2.05) is 0 Å². The molecule has 0 spiro atoms. The van der Waals surface area contributed by atoms with Crippen molar-refractivity contribution < 1.29 is 18.9 Å². The van der Waals surface area contributed by atoms with E-state index in [4.69, 9.17) is 9.05 Å². The third kappa shape index (κ3) is 3.20. The van der Waals surface area contributed by atoms with Crippen molar-refractivity contribution in [1.82, 2.24) is 0 Å². The van der Waals surface area contributed by atoms with Crippen LogP contribution in [0.5, 0.6) is 0 Å². The van der Waals surface area contributed by atoms with Gasteiger partial charge in [0.05, 0.1) is 24.3 Å². The molecule has 1 aliphatic rings. The van der Waals surface area contributed by atoms with E-state index in [1.54, 1.807) is 12.1 Å². The normalized spacial score (nSPS) is 18.9. The molecule has 1 saturated heterocycles. The zero-order valence-corrected chi connectivity index (χ0v) is 10.0. The van der Waals surface area contributed by atoms with Crippen molar-refractivity contribution in [3.8, 4) is 0 Å². The fraction of sp³-hybridized carbons (Fsp3) is 0.400. The molecular weight excluding hydrogens is 245 g/mol. The highest BCUT2D eigenvalue weighted by molar-refractivity contribution is 7.59. The van der Waals surface area contributed by atoms with Gasteiger partial charge in [-0.3, -0.25) is 10.1 Å². The van der Waals surface area contributed by atoms with Crippen molar-refractivity contribution in [2.75, 3.05) is 13.2 Å². The molecule has 1 aromatic rings. The molecule has 0 aliphatic carbocycles. The zero-order chi connectivity index (χ0) is 12.3. The Morgan fingerprint density at radius 2 is 1.88 bits per heavy atom. The van der Waals surface area contributed by atoms with Gasteiger partial charge in [0.2, 0.25) is 7.94 Å². The summed E-state index contributed by atoms with van der Waals surface area (Å²) in [5, 5.41) is 10.5. The average Bonchev–Trinajstić information content (AvgIpc) is 2.30. The van der Waals surface area contributed by atoms with Crippen LogP contribution in [0.4, 0.5) is 5.69 Å². The molecule has 0 saturated carbocycles. The summed E-state index contributed by atoms with van der Waals surface area (Å²) in [6.45, 7) is 0.995. The molecule has 0 bridgehead atoms. The molecular formula is C10H13NO5P. The number of nitro groups is 1. The second-order valence-electron chi connectivity index (χ2n) is 3.74. The van der Waals surface area contributed by atoms with Crippen LogP contribution in [0.25, 0.3) is 0 Å². The lowest BCUT2D eigenvalue weighted by Gasteiger charge is -2.32. The van der Waals surface area contributed by atoms with Crippen LogP contribution in [0.15, 0.2) is 24.3 Å². The molecule has 2 rings (SSSR count). The Kier molecular flexibility index (Phi) is 3.69. The molecule has 93 valence electrons. The summed E-state index contributed by atoms with van der Waals surface area (Å²) in [4.78, 5) is 20.1. The fourth-order valence-corrected chi connectivity index (χ4v) is 3.31. The monoisotopic (exact) mass is 258 g/mol. The lowest BCUT2D eigenvalue weighted by Crippen LogP contribution is -2.14. The number of hydrogen-bond donors (Lipinski definition) is 1. The standard InChI is InChI=1S/C10H13NO5P/c12-11(13)10-4-2-9(3-5-10)8-17(14)15-6-1-7-16-17/h2-5,14H,1,6-8H2. The summed E-state index contributed by atoms with van der Waals surface area (Å²) in [5.41, 5.74) is 0.804. The Morgan fingerprint density at radius 1 is 1.29 bits per heavy atom. The maximum absolute atomic E-state index is 10.5. The second-order valence-corrected chi connectivity index (χ2v) is 5.85. The highest BCUT2D eigenvalue weighted by Crippen LogP contribution is 2.61. The largest absolute Gasteiger partial charge is 0.335 e. The lowest BCUT2D eigenvalue weighted by atomic mass is 10.2. The Balaban J connectivity index is 2.05. The minimum atomic E-state index is -2.79. The first kappa shape index (κ1) is 12.4.